The van der Waals surface area contributed by atoms with E-state index in [1.165, 1.54) is 12.1 Å². The van der Waals surface area contributed by atoms with Gasteiger partial charge in [0.1, 0.15) is 17.7 Å². The van der Waals surface area contributed by atoms with Gasteiger partial charge in [0.2, 0.25) is 0 Å². The molecule has 0 spiro atoms. The molecule has 4 rings (SSSR count). The number of carboxylic acids is 1. The van der Waals surface area contributed by atoms with E-state index < -0.39 is 27.1 Å². The maximum atomic E-state index is 13.6. The normalized spacial score (nSPS) is 21.6. The van der Waals surface area contributed by atoms with E-state index in [9.17, 15) is 18.3 Å². The highest BCUT2D eigenvalue weighted by Crippen LogP contribution is 2.32. The molecule has 0 bridgehead atoms. The number of aliphatic carboxylic acids is 1. The third-order valence-corrected chi connectivity index (χ3v) is 9.25. The van der Waals surface area contributed by atoms with E-state index in [4.69, 9.17) is 14.7 Å². The zero-order chi connectivity index (χ0) is 28.3. The number of benzene rings is 2. The second-order valence-electron chi connectivity index (χ2n) is 9.17. The fourth-order valence-electron chi connectivity index (χ4n) is 4.52. The summed E-state index contributed by atoms with van der Waals surface area (Å²) in [5.74, 6) is 8.38. The Bertz CT molecular complexity index is 1220. The molecule has 0 saturated carbocycles. The van der Waals surface area contributed by atoms with Crippen LogP contribution in [0.2, 0.25) is 0 Å². The molecule has 2 saturated heterocycles. The molecule has 2 aromatic carbocycles. The lowest BCUT2D eigenvalue weighted by Crippen LogP contribution is -2.47. The average Bonchev–Trinajstić information content (AvgIpc) is 2.96. The number of hydrogen-bond acceptors (Lipinski definition) is 9. The molecule has 212 valence electrons. The molecule has 0 aromatic heterocycles. The van der Waals surface area contributed by atoms with Gasteiger partial charge in [-0.25, -0.2) is 14.3 Å². The van der Waals surface area contributed by atoms with E-state index in [1.54, 1.807) is 12.1 Å². The minimum Gasteiger partial charge on any atom is -0.481 e. The number of hydrogen-bond donors (Lipinski definition) is 4. The van der Waals surface area contributed by atoms with Crippen molar-refractivity contribution in [1.82, 2.24) is 10.2 Å². The molecular weight excluding hydrogens is 590 g/mol. The standard InChI is InChI=1S/C27H31BrN2O6S.H3NO/c28-22-6-4-20(5-7-22)19-30-14-12-21(27(31)32)17-26(30)37(33,34)25-10-8-23(9-11-25)35-15-2-1-3-24-18-29-13-16-36-24;1-2/h4-11,21,24,26,29H,3,12-19H2,(H,31,32);2H,1H2. The first kappa shape index (κ1) is 31.0. The highest BCUT2D eigenvalue weighted by atomic mass is 79.9. The van der Waals surface area contributed by atoms with Crippen molar-refractivity contribution in [2.24, 2.45) is 11.8 Å². The summed E-state index contributed by atoms with van der Waals surface area (Å²) in [7, 11) is -3.81. The SMILES string of the molecule is NO.O=C(O)C1CCN(Cc2ccc(Br)cc2)C(S(=O)(=O)c2ccc(OCC#CCC3CNCCO3)cc2)C1. The number of likely N-dealkylation sites (tertiary alicyclic amines) is 1. The molecule has 0 amide bonds. The number of rotatable bonds is 8. The van der Waals surface area contributed by atoms with Crippen LogP contribution in [0.3, 0.4) is 0 Å². The van der Waals surface area contributed by atoms with Crippen molar-refractivity contribution in [3.63, 3.8) is 0 Å². The number of nitrogens with zero attached hydrogens (tertiary/aromatic N) is 1. The third kappa shape index (κ3) is 9.01. The lowest BCUT2D eigenvalue weighted by atomic mass is 9.96. The monoisotopic (exact) mass is 623 g/mol. The quantitative estimate of drug-likeness (QED) is 0.255. The molecule has 0 aliphatic carbocycles. The molecule has 2 fully saturated rings. The highest BCUT2D eigenvalue weighted by molar-refractivity contribution is 9.10. The molecule has 2 aliphatic rings. The van der Waals surface area contributed by atoms with Gasteiger partial charge in [-0.1, -0.05) is 39.9 Å². The topological polar surface area (TPSA) is 151 Å². The van der Waals surface area contributed by atoms with Gasteiger partial charge in [-0.15, -0.1) is 0 Å². The Balaban J connectivity index is 0.00000205. The van der Waals surface area contributed by atoms with Crippen LogP contribution in [0.1, 0.15) is 24.8 Å². The Labute approximate surface area is 237 Å². The number of sulfone groups is 1. The molecule has 39 heavy (non-hydrogen) atoms. The molecule has 5 N–H and O–H groups in total. The molecule has 2 heterocycles. The van der Waals surface area contributed by atoms with Gasteiger partial charge in [-0.2, -0.15) is 0 Å². The van der Waals surface area contributed by atoms with Gasteiger partial charge >= 0.3 is 5.97 Å². The Morgan fingerprint density at radius 1 is 1.15 bits per heavy atom. The van der Waals surface area contributed by atoms with Gasteiger partial charge in [0.25, 0.3) is 0 Å². The van der Waals surface area contributed by atoms with Crippen LogP contribution in [0.25, 0.3) is 0 Å². The number of ether oxygens (including phenoxy) is 2. The number of piperidine rings is 1. The first-order valence-electron chi connectivity index (χ1n) is 12.5. The molecule has 2 aromatic rings. The third-order valence-electron chi connectivity index (χ3n) is 6.59. The summed E-state index contributed by atoms with van der Waals surface area (Å²) in [5.41, 5.74) is 0.966. The van der Waals surface area contributed by atoms with E-state index in [0.717, 1.165) is 23.1 Å². The lowest BCUT2D eigenvalue weighted by molar-refractivity contribution is -0.143. The van der Waals surface area contributed by atoms with Crippen molar-refractivity contribution in [3.8, 4) is 17.6 Å². The van der Waals surface area contributed by atoms with Crippen molar-refractivity contribution < 1.29 is 33.0 Å². The first-order chi connectivity index (χ1) is 18.8. The van der Waals surface area contributed by atoms with Gasteiger partial charge < -0.3 is 25.1 Å². The number of nitrogens with two attached hydrogens (primary N) is 1. The lowest BCUT2D eigenvalue weighted by Gasteiger charge is -2.37. The average molecular weight is 625 g/mol. The van der Waals surface area contributed by atoms with Gasteiger partial charge in [0.05, 0.1) is 23.5 Å². The molecule has 3 atom stereocenters. The van der Waals surface area contributed by atoms with Gasteiger partial charge in [-0.05, 0) is 54.8 Å². The van der Waals surface area contributed by atoms with Crippen LogP contribution in [-0.2, 0) is 25.9 Å². The van der Waals surface area contributed by atoms with E-state index >= 15 is 0 Å². The maximum absolute atomic E-state index is 13.6. The number of nitrogens with one attached hydrogen (secondary N) is 1. The minimum absolute atomic E-state index is 0.0439. The largest absolute Gasteiger partial charge is 0.481 e. The highest BCUT2D eigenvalue weighted by Gasteiger charge is 2.40. The zero-order valence-corrected chi connectivity index (χ0v) is 23.9. The van der Waals surface area contributed by atoms with Crippen LogP contribution in [0.15, 0.2) is 57.9 Å². The van der Waals surface area contributed by atoms with Crippen molar-refractivity contribution in [3.05, 3.63) is 58.6 Å². The van der Waals surface area contributed by atoms with Crippen molar-refractivity contribution in [2.45, 2.75) is 42.2 Å². The fraction of sp³-hybridized carbons (Fsp3) is 0.444. The zero-order valence-electron chi connectivity index (χ0n) is 21.5. The van der Waals surface area contributed by atoms with Crippen molar-refractivity contribution >= 4 is 31.7 Å². The summed E-state index contributed by atoms with van der Waals surface area (Å²) >= 11 is 3.41. The summed E-state index contributed by atoms with van der Waals surface area (Å²) in [6.45, 7) is 3.35. The predicted molar refractivity (Wildman–Crippen MR) is 149 cm³/mol. The molecule has 0 radical (unpaired) electrons. The number of morpholine rings is 1. The second kappa shape index (κ2) is 15.3. The van der Waals surface area contributed by atoms with Crippen molar-refractivity contribution in [2.75, 3.05) is 32.8 Å². The molecule has 12 heteroatoms. The smallest absolute Gasteiger partial charge is 0.306 e. The minimum atomic E-state index is -3.81. The van der Waals surface area contributed by atoms with E-state index in [0.29, 0.717) is 38.3 Å². The number of carboxylic acid groups (broad SMARTS) is 1. The van der Waals surface area contributed by atoms with E-state index in [1.807, 2.05) is 29.2 Å². The Morgan fingerprint density at radius 2 is 1.87 bits per heavy atom. The number of carbonyl (C=O) groups is 1. The molecule has 3 unspecified atom stereocenters. The molecule has 10 nitrogen and oxygen atoms in total. The van der Waals surface area contributed by atoms with Crippen LogP contribution >= 0.6 is 15.9 Å². The van der Waals surface area contributed by atoms with E-state index in [2.05, 4.69) is 39.0 Å². The Morgan fingerprint density at radius 3 is 2.51 bits per heavy atom. The summed E-state index contributed by atoms with van der Waals surface area (Å²) in [6, 6.07) is 13.9. The fourth-order valence-corrected chi connectivity index (χ4v) is 6.67. The van der Waals surface area contributed by atoms with Crippen molar-refractivity contribution in [1.29, 1.82) is 0 Å². The summed E-state index contributed by atoms with van der Waals surface area (Å²) in [4.78, 5) is 13.7. The number of halogens is 1. The van der Waals surface area contributed by atoms with Crippen LogP contribution in [0.4, 0.5) is 0 Å². The first-order valence-corrected chi connectivity index (χ1v) is 14.9. The van der Waals surface area contributed by atoms with Crippen LogP contribution < -0.4 is 16.0 Å². The van der Waals surface area contributed by atoms with Crippen LogP contribution in [0, 0.1) is 17.8 Å². The van der Waals surface area contributed by atoms with E-state index in [-0.39, 0.29) is 24.0 Å². The molecule has 2 aliphatic heterocycles. The summed E-state index contributed by atoms with van der Waals surface area (Å²) < 4.78 is 39.5. The Kier molecular flexibility index (Phi) is 12.2. The van der Waals surface area contributed by atoms with Crippen LogP contribution in [-0.4, -0.2) is 73.9 Å². The van der Waals surface area contributed by atoms with Gasteiger partial charge in [-0.3, -0.25) is 9.69 Å². The second-order valence-corrected chi connectivity index (χ2v) is 12.2. The van der Waals surface area contributed by atoms with Gasteiger partial charge in [0.15, 0.2) is 9.84 Å². The van der Waals surface area contributed by atoms with Crippen LogP contribution in [0.5, 0.6) is 5.75 Å². The maximum Gasteiger partial charge on any atom is 0.306 e. The summed E-state index contributed by atoms with van der Waals surface area (Å²) in [5, 5.41) is 18.4. The Hall–Kier alpha value is -2.50. The summed E-state index contributed by atoms with van der Waals surface area (Å²) in [6.07, 6.45) is 1.18. The molecular formula is C27H34BrN3O7S. The predicted octanol–water partition coefficient (Wildman–Crippen LogP) is 2.64. The van der Waals surface area contributed by atoms with Gasteiger partial charge in [0, 0.05) is 37.1 Å².